The van der Waals surface area contributed by atoms with E-state index in [1.807, 2.05) is 20.4 Å². The fraction of sp³-hybridized carbons (Fsp3) is 1.00. The first kappa shape index (κ1) is 20.4. The van der Waals surface area contributed by atoms with Crippen molar-refractivity contribution in [1.82, 2.24) is 5.32 Å². The molecule has 4 radical (unpaired) electrons. The van der Waals surface area contributed by atoms with Crippen LogP contribution >= 0.6 is 0 Å². The Morgan fingerprint density at radius 3 is 1.70 bits per heavy atom. The zero-order chi connectivity index (χ0) is 15.9. The molecule has 1 heterocycles. The Kier molecular flexibility index (Phi) is 8.93. The zero-order valence-corrected chi connectivity index (χ0v) is 15.9. The first-order valence-corrected chi connectivity index (χ1v) is 12.0. The average molecular weight is 313 g/mol. The number of hydrogen-bond acceptors (Lipinski definition) is 4. The van der Waals surface area contributed by atoms with E-state index in [2.05, 4.69) is 5.32 Å². The maximum absolute atomic E-state index is 6.06. The Labute approximate surface area is 129 Å². The molecule has 4 nitrogen and oxygen atoms in total. The lowest BCUT2D eigenvalue weighted by molar-refractivity contribution is 0.116. The van der Waals surface area contributed by atoms with Crippen molar-refractivity contribution in [3.63, 3.8) is 0 Å². The van der Waals surface area contributed by atoms with Gasteiger partial charge in [-0.3, -0.25) is 0 Å². The van der Waals surface area contributed by atoms with Crippen molar-refractivity contribution >= 4 is 31.5 Å². The van der Waals surface area contributed by atoms with E-state index in [0.717, 1.165) is 0 Å². The largest absolute Gasteiger partial charge is 0.426 e. The van der Waals surface area contributed by atoms with Crippen LogP contribution in [0, 0.1) is 0 Å². The van der Waals surface area contributed by atoms with Crippen molar-refractivity contribution in [3.05, 3.63) is 0 Å². The third-order valence-corrected chi connectivity index (χ3v) is 8.96. The van der Waals surface area contributed by atoms with Crippen LogP contribution in [-0.2, 0) is 13.3 Å². The maximum atomic E-state index is 6.06. The monoisotopic (exact) mass is 313 g/mol. The van der Waals surface area contributed by atoms with Gasteiger partial charge in [-0.05, 0) is 46.3 Å². The number of hydrogen-bond donors (Lipinski definition) is 1. The fourth-order valence-electron chi connectivity index (χ4n) is 1.70. The second kappa shape index (κ2) is 8.75. The van der Waals surface area contributed by atoms with Crippen LogP contribution in [0.5, 0.6) is 0 Å². The first-order chi connectivity index (χ1) is 9.08. The average Bonchev–Trinajstić information content (AvgIpc) is 2.40. The van der Waals surface area contributed by atoms with Crippen LogP contribution < -0.4 is 5.32 Å². The molecule has 0 aromatic carbocycles. The van der Waals surface area contributed by atoms with Gasteiger partial charge in [-0.15, -0.1) is 0 Å². The second-order valence-electron chi connectivity index (χ2n) is 5.95. The van der Waals surface area contributed by atoms with Crippen molar-refractivity contribution in [2.24, 2.45) is 0 Å². The normalized spacial score (nSPS) is 22.1. The highest BCUT2D eigenvalue weighted by Gasteiger charge is 2.44. The fourth-order valence-corrected chi connectivity index (χ4v) is 4.70. The van der Waals surface area contributed by atoms with E-state index >= 15 is 0 Å². The summed E-state index contributed by atoms with van der Waals surface area (Å²) in [5.41, 5.74) is 0. The molecular formula is C12H29B2NO3Si2. The van der Waals surface area contributed by atoms with Gasteiger partial charge in [0.1, 0.15) is 7.44 Å². The molecule has 1 aliphatic heterocycles. The molecule has 1 saturated heterocycles. The molecule has 2 atom stereocenters. The van der Waals surface area contributed by atoms with Crippen LogP contribution in [0.25, 0.3) is 0 Å². The molecule has 0 aliphatic carbocycles. The summed E-state index contributed by atoms with van der Waals surface area (Å²) in [6.45, 7) is 9.93. The molecule has 0 aromatic rings. The topological polar surface area (TPSA) is 39.7 Å². The zero-order valence-electron chi connectivity index (χ0n) is 13.9. The SMILES string of the molecule is C1CCNCC1.[B][Si](C)(OC)OC(C)(C)[Si]([B])(C)OC. The van der Waals surface area contributed by atoms with E-state index in [0.29, 0.717) is 0 Å². The minimum absolute atomic E-state index is 0.562. The van der Waals surface area contributed by atoms with E-state index in [4.69, 9.17) is 28.2 Å². The van der Waals surface area contributed by atoms with Crippen LogP contribution in [-0.4, -0.2) is 64.0 Å². The molecule has 1 N–H and O–H groups in total. The highest BCUT2D eigenvalue weighted by Crippen LogP contribution is 2.25. The van der Waals surface area contributed by atoms with Crippen LogP contribution in [0.15, 0.2) is 0 Å². The highest BCUT2D eigenvalue weighted by atomic mass is 28.4. The van der Waals surface area contributed by atoms with Crippen LogP contribution in [0.1, 0.15) is 33.1 Å². The molecular weight excluding hydrogens is 284 g/mol. The molecule has 0 spiro atoms. The number of nitrogens with one attached hydrogen (secondary N) is 1. The van der Waals surface area contributed by atoms with Gasteiger partial charge in [0.25, 0.3) is 8.43 Å². The van der Waals surface area contributed by atoms with Gasteiger partial charge in [-0.2, -0.15) is 0 Å². The second-order valence-corrected chi connectivity index (χ2v) is 12.4. The summed E-state index contributed by atoms with van der Waals surface area (Å²) in [5.74, 6) is 0. The Bertz CT molecular complexity index is 264. The maximum Gasteiger partial charge on any atom is 0.272 e. The van der Waals surface area contributed by atoms with Crippen molar-refractivity contribution in [1.29, 1.82) is 0 Å². The van der Waals surface area contributed by atoms with Crippen molar-refractivity contribution in [2.45, 2.75) is 51.4 Å². The smallest absolute Gasteiger partial charge is 0.272 e. The van der Waals surface area contributed by atoms with Gasteiger partial charge >= 0.3 is 0 Å². The standard InChI is InChI=1S/C7H18B2O3Si2.C5H11N/c1-7(2,13(5,8)10-3)12-14(6,9)11-4;1-2-4-6-5-3-1/h1-6H3;6H,1-5H2. The number of piperidine rings is 1. The quantitative estimate of drug-likeness (QED) is 0.778. The molecule has 8 heteroatoms. The summed E-state index contributed by atoms with van der Waals surface area (Å²) in [6.07, 6.45) is 4.22. The van der Waals surface area contributed by atoms with E-state index in [9.17, 15) is 0 Å². The molecule has 20 heavy (non-hydrogen) atoms. The molecule has 1 aliphatic rings. The Morgan fingerprint density at radius 2 is 1.45 bits per heavy atom. The summed E-state index contributed by atoms with van der Waals surface area (Å²) in [4.78, 5) is 0. The predicted octanol–water partition coefficient (Wildman–Crippen LogP) is 1.35. The Balaban J connectivity index is 0.000000493. The van der Waals surface area contributed by atoms with Gasteiger partial charge in [-0.25, -0.2) is 0 Å². The predicted molar refractivity (Wildman–Crippen MR) is 90.6 cm³/mol. The summed E-state index contributed by atoms with van der Waals surface area (Å²) in [7, 11) is 10.1. The molecule has 0 amide bonds. The van der Waals surface area contributed by atoms with E-state index in [1.165, 1.54) is 32.4 Å². The lowest BCUT2D eigenvalue weighted by Crippen LogP contribution is -2.62. The summed E-state index contributed by atoms with van der Waals surface area (Å²) >= 11 is 0. The summed E-state index contributed by atoms with van der Waals surface area (Å²) < 4.78 is 16.2. The van der Waals surface area contributed by atoms with Crippen molar-refractivity contribution in [3.8, 4) is 0 Å². The van der Waals surface area contributed by atoms with E-state index in [-0.39, 0.29) is 0 Å². The van der Waals surface area contributed by atoms with Crippen LogP contribution in [0.4, 0.5) is 0 Å². The third-order valence-electron chi connectivity index (χ3n) is 3.69. The van der Waals surface area contributed by atoms with Gasteiger partial charge in [0.05, 0.1) is 12.7 Å². The Morgan fingerprint density at radius 1 is 0.950 bits per heavy atom. The molecule has 2 unspecified atom stereocenters. The molecule has 0 aromatic heterocycles. The highest BCUT2D eigenvalue weighted by molar-refractivity contribution is 7.15. The Hall–Kier alpha value is 0.404. The van der Waals surface area contributed by atoms with E-state index < -0.39 is 21.8 Å². The van der Waals surface area contributed by atoms with Gasteiger partial charge in [0, 0.05) is 14.2 Å². The summed E-state index contributed by atoms with van der Waals surface area (Å²) in [5, 5.41) is 2.72. The molecule has 1 fully saturated rings. The van der Waals surface area contributed by atoms with Crippen LogP contribution in [0.2, 0.25) is 13.1 Å². The minimum atomic E-state index is -2.56. The molecule has 0 bridgehead atoms. The van der Waals surface area contributed by atoms with Crippen molar-refractivity contribution < 1.29 is 13.3 Å². The van der Waals surface area contributed by atoms with Gasteiger partial charge in [-0.1, -0.05) is 13.0 Å². The van der Waals surface area contributed by atoms with Crippen molar-refractivity contribution in [2.75, 3.05) is 27.3 Å². The van der Waals surface area contributed by atoms with Gasteiger partial charge < -0.3 is 18.6 Å². The van der Waals surface area contributed by atoms with Gasteiger partial charge in [0.2, 0.25) is 0 Å². The van der Waals surface area contributed by atoms with E-state index in [1.54, 1.807) is 20.8 Å². The molecule has 0 saturated carbocycles. The minimum Gasteiger partial charge on any atom is -0.426 e. The molecule has 114 valence electrons. The van der Waals surface area contributed by atoms with Crippen LogP contribution in [0.3, 0.4) is 0 Å². The number of rotatable bonds is 5. The molecule has 1 rings (SSSR count). The lowest BCUT2D eigenvalue weighted by Gasteiger charge is -2.43. The van der Waals surface area contributed by atoms with Gasteiger partial charge in [0.15, 0.2) is 8.19 Å². The third kappa shape index (κ3) is 7.42. The first-order valence-electron chi connectivity index (χ1n) is 7.17. The summed E-state index contributed by atoms with van der Waals surface area (Å²) in [6, 6.07) is 0. The lowest BCUT2D eigenvalue weighted by atomic mass is 10.2.